The van der Waals surface area contributed by atoms with E-state index in [-0.39, 0.29) is 25.9 Å². The van der Waals surface area contributed by atoms with E-state index < -0.39 is 55.8 Å². The second kappa shape index (κ2) is 8.01. The molecule has 1 aromatic heterocycles. The Morgan fingerprint density at radius 2 is 1.73 bits per heavy atom. The Bertz CT molecular complexity index is 884. The second-order valence-corrected chi connectivity index (χ2v) is 10.5. The zero-order valence-electron chi connectivity index (χ0n) is 17.6. The molecule has 0 bridgehead atoms. The van der Waals surface area contributed by atoms with Gasteiger partial charge in [-0.3, -0.25) is 4.68 Å². The summed E-state index contributed by atoms with van der Waals surface area (Å²) in [6.45, 7) is 6.61. The molecular formula is C18H27F4N3O4S. The predicted molar refractivity (Wildman–Crippen MR) is 100 cm³/mol. The molecule has 30 heavy (non-hydrogen) atoms. The third-order valence-corrected chi connectivity index (χ3v) is 7.54. The van der Waals surface area contributed by atoms with Crippen LogP contribution in [-0.4, -0.2) is 52.9 Å². The standard InChI is InChI=1S/C18H27F4N3O4S/c1-6-17(19,12-7-9-25(10-8-12)15(26)29-16(2,3)4)30(27,28)14-11-13(18(20,21)22)23-24(14)5/h11-12H,6-10H2,1-5H3/t17-/m1/s1. The van der Waals surface area contributed by atoms with Crippen molar-refractivity contribution >= 4 is 15.9 Å². The van der Waals surface area contributed by atoms with Gasteiger partial charge in [-0.05, 0) is 40.0 Å². The van der Waals surface area contributed by atoms with Crippen LogP contribution < -0.4 is 0 Å². The topological polar surface area (TPSA) is 81.5 Å². The van der Waals surface area contributed by atoms with Gasteiger partial charge in [0.05, 0.1) is 0 Å². The number of hydrogen-bond donors (Lipinski definition) is 0. The number of carbonyl (C=O) groups is 1. The predicted octanol–water partition coefficient (Wildman–Crippen LogP) is 3.94. The molecule has 0 spiro atoms. The molecule has 1 atom stereocenters. The summed E-state index contributed by atoms with van der Waals surface area (Å²) < 4.78 is 86.6. The summed E-state index contributed by atoms with van der Waals surface area (Å²) in [6, 6.07) is 0.356. The number of aromatic nitrogens is 2. The summed E-state index contributed by atoms with van der Waals surface area (Å²) >= 11 is 0. The third kappa shape index (κ3) is 4.73. The summed E-state index contributed by atoms with van der Waals surface area (Å²) in [6.07, 6.45) is -5.81. The Morgan fingerprint density at radius 3 is 2.13 bits per heavy atom. The Morgan fingerprint density at radius 1 is 1.20 bits per heavy atom. The summed E-state index contributed by atoms with van der Waals surface area (Å²) in [7, 11) is -3.76. The van der Waals surface area contributed by atoms with Gasteiger partial charge in [0.25, 0.3) is 0 Å². The van der Waals surface area contributed by atoms with Crippen molar-refractivity contribution in [3.05, 3.63) is 11.8 Å². The Hall–Kier alpha value is -1.85. The monoisotopic (exact) mass is 457 g/mol. The van der Waals surface area contributed by atoms with E-state index in [1.807, 2.05) is 0 Å². The number of sulfone groups is 1. The first-order chi connectivity index (χ1) is 13.5. The lowest BCUT2D eigenvalue weighted by Gasteiger charge is -2.39. The largest absolute Gasteiger partial charge is 0.444 e. The number of halogens is 4. The molecule has 172 valence electrons. The zero-order chi connectivity index (χ0) is 23.1. The number of ether oxygens (including phenoxy) is 1. The van der Waals surface area contributed by atoms with E-state index >= 15 is 4.39 Å². The summed E-state index contributed by atoms with van der Waals surface area (Å²) in [5.74, 6) is -0.990. The molecule has 0 aromatic carbocycles. The van der Waals surface area contributed by atoms with Crippen LogP contribution in [0.15, 0.2) is 11.1 Å². The van der Waals surface area contributed by atoms with Gasteiger partial charge in [-0.2, -0.15) is 18.3 Å². The SMILES string of the molecule is CC[C@](F)(C1CCN(C(=O)OC(C)(C)C)CC1)S(=O)(=O)c1cc(C(F)(F)F)nn1C. The molecule has 1 amide bonds. The number of rotatable bonds is 4. The normalized spacial score (nSPS) is 18.9. The maximum absolute atomic E-state index is 15.9. The lowest BCUT2D eigenvalue weighted by molar-refractivity contribution is -0.141. The van der Waals surface area contributed by atoms with E-state index in [4.69, 9.17) is 4.74 Å². The van der Waals surface area contributed by atoms with Crippen LogP contribution in [0.4, 0.5) is 22.4 Å². The van der Waals surface area contributed by atoms with Gasteiger partial charge in [0, 0.05) is 32.1 Å². The number of likely N-dealkylation sites (tertiary alicyclic amines) is 1. The van der Waals surface area contributed by atoms with Crippen molar-refractivity contribution in [2.45, 2.75) is 68.8 Å². The van der Waals surface area contributed by atoms with Crippen LogP contribution >= 0.6 is 0 Å². The average molecular weight is 457 g/mol. The lowest BCUT2D eigenvalue weighted by atomic mass is 9.90. The fourth-order valence-corrected chi connectivity index (χ4v) is 5.59. The summed E-state index contributed by atoms with van der Waals surface area (Å²) in [4.78, 5) is 13.5. The van der Waals surface area contributed by atoms with Crippen molar-refractivity contribution in [3.63, 3.8) is 0 Å². The summed E-state index contributed by atoms with van der Waals surface area (Å²) in [5, 5.41) is -0.426. The van der Waals surface area contributed by atoms with Gasteiger partial charge in [-0.1, -0.05) is 6.92 Å². The van der Waals surface area contributed by atoms with Crippen molar-refractivity contribution in [2.24, 2.45) is 13.0 Å². The van der Waals surface area contributed by atoms with Gasteiger partial charge in [0.15, 0.2) is 10.7 Å². The molecule has 1 aromatic rings. The van der Waals surface area contributed by atoms with Crippen molar-refractivity contribution in [1.82, 2.24) is 14.7 Å². The molecule has 2 rings (SSSR count). The minimum Gasteiger partial charge on any atom is -0.444 e. The van der Waals surface area contributed by atoms with Gasteiger partial charge < -0.3 is 9.64 Å². The molecule has 0 aliphatic carbocycles. The maximum Gasteiger partial charge on any atom is 0.435 e. The zero-order valence-corrected chi connectivity index (χ0v) is 18.4. The van der Waals surface area contributed by atoms with Crippen LogP contribution in [-0.2, 0) is 27.8 Å². The molecule has 0 saturated carbocycles. The smallest absolute Gasteiger partial charge is 0.435 e. The molecule has 1 aliphatic heterocycles. The molecule has 7 nitrogen and oxygen atoms in total. The van der Waals surface area contributed by atoms with Gasteiger partial charge in [0.2, 0.25) is 14.8 Å². The molecule has 1 saturated heterocycles. The average Bonchev–Trinajstić information content (AvgIpc) is 3.02. The summed E-state index contributed by atoms with van der Waals surface area (Å²) in [5.41, 5.74) is -2.11. The quantitative estimate of drug-likeness (QED) is 0.640. The van der Waals surface area contributed by atoms with Crippen LogP contribution in [0.25, 0.3) is 0 Å². The van der Waals surface area contributed by atoms with E-state index in [0.717, 1.165) is 7.05 Å². The van der Waals surface area contributed by atoms with Crippen molar-refractivity contribution in [1.29, 1.82) is 0 Å². The van der Waals surface area contributed by atoms with E-state index in [2.05, 4.69) is 5.10 Å². The van der Waals surface area contributed by atoms with E-state index in [1.54, 1.807) is 20.8 Å². The van der Waals surface area contributed by atoms with Gasteiger partial charge in [-0.15, -0.1) is 0 Å². The van der Waals surface area contributed by atoms with Crippen molar-refractivity contribution in [3.8, 4) is 0 Å². The first kappa shape index (κ1) is 24.4. The van der Waals surface area contributed by atoms with Gasteiger partial charge in [0.1, 0.15) is 5.60 Å². The van der Waals surface area contributed by atoms with Crippen molar-refractivity contribution in [2.75, 3.05) is 13.1 Å². The third-order valence-electron chi connectivity index (χ3n) is 5.09. The minimum absolute atomic E-state index is 0.0345. The number of hydrogen-bond acceptors (Lipinski definition) is 5. The molecule has 12 heteroatoms. The number of piperidine rings is 1. The van der Waals surface area contributed by atoms with Gasteiger partial charge >= 0.3 is 12.3 Å². The van der Waals surface area contributed by atoms with Crippen LogP contribution in [0, 0.1) is 5.92 Å². The molecule has 1 aliphatic rings. The first-order valence-corrected chi connectivity index (χ1v) is 11.0. The van der Waals surface area contributed by atoms with Crippen molar-refractivity contribution < 1.29 is 35.5 Å². The highest BCUT2D eigenvalue weighted by Crippen LogP contribution is 2.43. The number of nitrogens with zero attached hydrogens (tertiary/aromatic N) is 3. The molecule has 0 N–H and O–H groups in total. The first-order valence-electron chi connectivity index (χ1n) is 9.55. The van der Waals surface area contributed by atoms with E-state index in [1.165, 1.54) is 11.8 Å². The second-order valence-electron chi connectivity index (χ2n) is 8.37. The van der Waals surface area contributed by atoms with Crippen LogP contribution in [0.2, 0.25) is 0 Å². The maximum atomic E-state index is 15.9. The number of aryl methyl sites for hydroxylation is 1. The highest BCUT2D eigenvalue weighted by molar-refractivity contribution is 7.92. The number of amides is 1. The van der Waals surface area contributed by atoms with E-state index in [9.17, 15) is 26.4 Å². The Kier molecular flexibility index (Phi) is 6.52. The Balaban J connectivity index is 2.26. The Labute approximate surface area is 173 Å². The highest BCUT2D eigenvalue weighted by atomic mass is 32.2. The van der Waals surface area contributed by atoms with Crippen LogP contribution in [0.3, 0.4) is 0 Å². The van der Waals surface area contributed by atoms with E-state index in [0.29, 0.717) is 10.7 Å². The van der Waals surface area contributed by atoms with Crippen LogP contribution in [0.1, 0.15) is 52.7 Å². The van der Waals surface area contributed by atoms with Gasteiger partial charge in [-0.25, -0.2) is 17.6 Å². The molecule has 2 heterocycles. The highest BCUT2D eigenvalue weighted by Gasteiger charge is 2.53. The molecular weight excluding hydrogens is 430 g/mol. The molecule has 1 fully saturated rings. The lowest BCUT2D eigenvalue weighted by Crippen LogP contribution is -2.49. The fraction of sp³-hybridized carbons (Fsp3) is 0.778. The molecule has 0 radical (unpaired) electrons. The number of alkyl halides is 4. The number of carbonyl (C=O) groups excluding carboxylic acids is 1. The van der Waals surface area contributed by atoms with Crippen LogP contribution in [0.5, 0.6) is 0 Å². The minimum atomic E-state index is -4.85. The molecule has 0 unspecified atom stereocenters. The fourth-order valence-electron chi connectivity index (χ4n) is 3.53.